The van der Waals surface area contributed by atoms with Crippen LogP contribution in [-0.4, -0.2) is 16.8 Å². The number of hydrogen-bond acceptors (Lipinski definition) is 4. The first kappa shape index (κ1) is 17.2. The van der Waals surface area contributed by atoms with E-state index in [-0.39, 0.29) is 11.8 Å². The Hall–Kier alpha value is -3.67. The molecule has 0 bridgehead atoms. The van der Waals surface area contributed by atoms with Crippen molar-refractivity contribution in [3.63, 3.8) is 0 Å². The first-order valence-corrected chi connectivity index (χ1v) is 7.98. The minimum atomic E-state index is -0.281. The molecule has 2 aromatic carbocycles. The number of ether oxygens (including phenoxy) is 1. The molecule has 0 aliphatic carbocycles. The summed E-state index contributed by atoms with van der Waals surface area (Å²) in [5, 5.41) is 5.48. The predicted molar refractivity (Wildman–Crippen MR) is 99.5 cm³/mol. The summed E-state index contributed by atoms with van der Waals surface area (Å²) < 4.78 is 5.64. The number of pyridine rings is 1. The van der Waals surface area contributed by atoms with E-state index >= 15 is 0 Å². The molecular formula is C20H17N3O3. The molecular weight excluding hydrogens is 330 g/mol. The molecule has 1 heterocycles. The van der Waals surface area contributed by atoms with Crippen LogP contribution in [0.2, 0.25) is 0 Å². The summed E-state index contributed by atoms with van der Waals surface area (Å²) in [6.45, 7) is 1.43. The molecule has 2 amide bonds. The van der Waals surface area contributed by atoms with E-state index in [1.54, 1.807) is 66.9 Å². The Kier molecular flexibility index (Phi) is 5.24. The summed E-state index contributed by atoms with van der Waals surface area (Å²) in [7, 11) is 0. The smallest absolute Gasteiger partial charge is 0.255 e. The standard InChI is InChI=1S/C20H17N3O3/c1-14(24)22-16-7-5-8-17(13-16)23-20(25)15-6-4-9-18(12-15)26-19-10-2-3-11-21-19/h2-13H,1H3,(H,22,24)(H,23,25). The maximum atomic E-state index is 12.5. The third-order valence-corrected chi connectivity index (χ3v) is 3.40. The molecule has 6 nitrogen and oxygen atoms in total. The van der Waals surface area contributed by atoms with E-state index in [0.29, 0.717) is 28.6 Å². The fraction of sp³-hybridized carbons (Fsp3) is 0.0500. The normalized spacial score (nSPS) is 10.0. The van der Waals surface area contributed by atoms with Crippen molar-refractivity contribution in [2.24, 2.45) is 0 Å². The molecule has 2 N–H and O–H groups in total. The van der Waals surface area contributed by atoms with Gasteiger partial charge in [-0.05, 0) is 42.5 Å². The lowest BCUT2D eigenvalue weighted by molar-refractivity contribution is -0.114. The summed E-state index contributed by atoms with van der Waals surface area (Å²) in [4.78, 5) is 27.7. The number of anilines is 2. The van der Waals surface area contributed by atoms with E-state index in [1.165, 1.54) is 6.92 Å². The van der Waals surface area contributed by atoms with Gasteiger partial charge in [-0.25, -0.2) is 4.98 Å². The molecule has 0 unspecified atom stereocenters. The molecule has 0 radical (unpaired) electrons. The third kappa shape index (κ3) is 4.67. The van der Waals surface area contributed by atoms with Gasteiger partial charge in [-0.15, -0.1) is 0 Å². The summed E-state index contributed by atoms with van der Waals surface area (Å²) in [5.41, 5.74) is 1.64. The lowest BCUT2D eigenvalue weighted by atomic mass is 10.2. The quantitative estimate of drug-likeness (QED) is 0.729. The first-order valence-electron chi connectivity index (χ1n) is 7.98. The van der Waals surface area contributed by atoms with Crippen molar-refractivity contribution in [3.05, 3.63) is 78.5 Å². The number of amides is 2. The summed E-state index contributed by atoms with van der Waals surface area (Å²) >= 11 is 0. The molecule has 0 aliphatic heterocycles. The molecule has 3 aromatic rings. The maximum absolute atomic E-state index is 12.5. The Morgan fingerprint density at radius 3 is 2.38 bits per heavy atom. The Bertz CT molecular complexity index is 926. The van der Waals surface area contributed by atoms with Crippen molar-refractivity contribution in [1.82, 2.24) is 4.98 Å². The predicted octanol–water partition coefficient (Wildman–Crippen LogP) is 4.08. The molecule has 0 aliphatic rings. The molecule has 1 aromatic heterocycles. The highest BCUT2D eigenvalue weighted by Crippen LogP contribution is 2.21. The minimum absolute atomic E-state index is 0.173. The van der Waals surface area contributed by atoms with Gasteiger partial charge in [-0.1, -0.05) is 18.2 Å². The Balaban J connectivity index is 1.72. The van der Waals surface area contributed by atoms with Crippen LogP contribution >= 0.6 is 0 Å². The second kappa shape index (κ2) is 7.94. The molecule has 130 valence electrons. The highest BCUT2D eigenvalue weighted by atomic mass is 16.5. The average molecular weight is 347 g/mol. The number of aromatic nitrogens is 1. The van der Waals surface area contributed by atoms with Gasteiger partial charge in [-0.3, -0.25) is 9.59 Å². The van der Waals surface area contributed by atoms with Gasteiger partial charge in [0.15, 0.2) is 0 Å². The van der Waals surface area contributed by atoms with Gasteiger partial charge in [0.1, 0.15) is 5.75 Å². The summed E-state index contributed by atoms with van der Waals surface area (Å²) in [6.07, 6.45) is 1.63. The highest BCUT2D eigenvalue weighted by molar-refractivity contribution is 6.04. The lowest BCUT2D eigenvalue weighted by Gasteiger charge is -2.09. The van der Waals surface area contributed by atoms with Crippen LogP contribution in [0.3, 0.4) is 0 Å². The first-order chi connectivity index (χ1) is 12.6. The molecule has 26 heavy (non-hydrogen) atoms. The number of carbonyl (C=O) groups is 2. The van der Waals surface area contributed by atoms with Gasteiger partial charge in [0.05, 0.1) is 0 Å². The topological polar surface area (TPSA) is 80.3 Å². The number of hydrogen-bond donors (Lipinski definition) is 2. The fourth-order valence-corrected chi connectivity index (χ4v) is 2.31. The van der Waals surface area contributed by atoms with Crippen LogP contribution in [0, 0.1) is 0 Å². The van der Waals surface area contributed by atoms with Crippen molar-refractivity contribution < 1.29 is 14.3 Å². The van der Waals surface area contributed by atoms with Crippen molar-refractivity contribution in [2.75, 3.05) is 10.6 Å². The van der Waals surface area contributed by atoms with E-state index in [9.17, 15) is 9.59 Å². The summed E-state index contributed by atoms with van der Waals surface area (Å²) in [5.74, 6) is 0.515. The number of carbonyl (C=O) groups excluding carboxylic acids is 2. The average Bonchev–Trinajstić information content (AvgIpc) is 2.62. The molecule has 0 spiro atoms. The van der Waals surface area contributed by atoms with E-state index < -0.39 is 0 Å². The van der Waals surface area contributed by atoms with Gasteiger partial charge in [0.25, 0.3) is 5.91 Å². The van der Waals surface area contributed by atoms with E-state index in [1.807, 2.05) is 6.07 Å². The molecule has 0 fully saturated rings. The number of benzene rings is 2. The van der Waals surface area contributed by atoms with Crippen molar-refractivity contribution in [3.8, 4) is 11.6 Å². The van der Waals surface area contributed by atoms with Gasteiger partial charge in [-0.2, -0.15) is 0 Å². The Morgan fingerprint density at radius 2 is 1.65 bits per heavy atom. The molecule has 3 rings (SSSR count). The van der Waals surface area contributed by atoms with Crippen molar-refractivity contribution in [1.29, 1.82) is 0 Å². The highest BCUT2D eigenvalue weighted by Gasteiger charge is 2.09. The molecule has 0 atom stereocenters. The zero-order valence-corrected chi connectivity index (χ0v) is 14.1. The minimum Gasteiger partial charge on any atom is -0.439 e. The van der Waals surface area contributed by atoms with Crippen LogP contribution in [0.15, 0.2) is 72.9 Å². The van der Waals surface area contributed by atoms with Gasteiger partial charge in [0.2, 0.25) is 11.8 Å². The van der Waals surface area contributed by atoms with Crippen LogP contribution in [0.25, 0.3) is 0 Å². The SMILES string of the molecule is CC(=O)Nc1cccc(NC(=O)c2cccc(Oc3ccccn3)c2)c1. The Labute approximate surface area is 150 Å². The fourth-order valence-electron chi connectivity index (χ4n) is 2.31. The van der Waals surface area contributed by atoms with Crippen LogP contribution in [0.4, 0.5) is 11.4 Å². The number of rotatable bonds is 5. The van der Waals surface area contributed by atoms with Crippen LogP contribution in [0.5, 0.6) is 11.6 Å². The zero-order chi connectivity index (χ0) is 18.4. The number of nitrogens with zero attached hydrogens (tertiary/aromatic N) is 1. The number of nitrogens with one attached hydrogen (secondary N) is 2. The largest absolute Gasteiger partial charge is 0.439 e. The zero-order valence-electron chi connectivity index (χ0n) is 14.1. The van der Waals surface area contributed by atoms with Crippen molar-refractivity contribution >= 4 is 23.2 Å². The molecule has 0 saturated heterocycles. The van der Waals surface area contributed by atoms with Gasteiger partial charge in [0, 0.05) is 36.1 Å². The van der Waals surface area contributed by atoms with E-state index in [4.69, 9.17) is 4.74 Å². The lowest BCUT2D eigenvalue weighted by Crippen LogP contribution is -2.12. The second-order valence-corrected chi connectivity index (χ2v) is 5.51. The molecule has 0 saturated carbocycles. The van der Waals surface area contributed by atoms with Crippen LogP contribution in [-0.2, 0) is 4.79 Å². The van der Waals surface area contributed by atoms with Gasteiger partial charge < -0.3 is 15.4 Å². The second-order valence-electron chi connectivity index (χ2n) is 5.51. The monoisotopic (exact) mass is 347 g/mol. The maximum Gasteiger partial charge on any atom is 0.255 e. The van der Waals surface area contributed by atoms with Crippen LogP contribution in [0.1, 0.15) is 17.3 Å². The summed E-state index contributed by atoms with van der Waals surface area (Å²) in [6, 6.07) is 19.1. The third-order valence-electron chi connectivity index (χ3n) is 3.40. The van der Waals surface area contributed by atoms with Crippen LogP contribution < -0.4 is 15.4 Å². The van der Waals surface area contributed by atoms with E-state index in [0.717, 1.165) is 0 Å². The van der Waals surface area contributed by atoms with Gasteiger partial charge >= 0.3 is 0 Å². The van der Waals surface area contributed by atoms with E-state index in [2.05, 4.69) is 15.6 Å². The molecule has 6 heteroatoms. The van der Waals surface area contributed by atoms with Crippen molar-refractivity contribution in [2.45, 2.75) is 6.92 Å². The Morgan fingerprint density at radius 1 is 0.885 bits per heavy atom.